The first-order valence-corrected chi connectivity index (χ1v) is 7.09. The fraction of sp³-hybridized carbons (Fsp3) is 0. The fourth-order valence-corrected chi connectivity index (χ4v) is 3.48. The number of rotatable bonds is 1. The molecule has 2 rings (SSSR count). The summed E-state index contributed by atoms with van der Waals surface area (Å²) >= 11 is 6.11. The molecule has 17 heavy (non-hydrogen) atoms. The molecule has 88 valence electrons. The molecule has 4 nitrogen and oxygen atoms in total. The number of benzene rings is 1. The maximum Gasteiger partial charge on any atom is 0.290 e. The molecule has 1 saturated heterocycles. The van der Waals surface area contributed by atoms with Gasteiger partial charge < -0.3 is 5.11 Å². The Morgan fingerprint density at radius 3 is 2.71 bits per heavy atom. The molecule has 0 spiro atoms. The molecule has 1 aromatic rings. The zero-order chi connectivity index (χ0) is 12.6. The third-order valence-corrected chi connectivity index (χ3v) is 4.08. The Morgan fingerprint density at radius 1 is 1.41 bits per heavy atom. The second-order valence-electron chi connectivity index (χ2n) is 3.18. The second kappa shape index (κ2) is 4.99. The summed E-state index contributed by atoms with van der Waals surface area (Å²) in [6, 6.07) is 3.44. The number of aromatic hydroxyl groups is 1. The van der Waals surface area contributed by atoms with E-state index in [0.717, 1.165) is 16.2 Å². The van der Waals surface area contributed by atoms with Gasteiger partial charge in [-0.2, -0.15) is 0 Å². The first kappa shape index (κ1) is 12.9. The zero-order valence-electron chi connectivity index (χ0n) is 8.16. The minimum Gasteiger partial charge on any atom is -0.506 e. The van der Waals surface area contributed by atoms with E-state index in [2.05, 4.69) is 21.2 Å². The van der Waals surface area contributed by atoms with Crippen LogP contribution in [0.4, 0.5) is 4.79 Å². The molecule has 0 unspecified atom stereocenters. The molecule has 0 radical (unpaired) electrons. The van der Waals surface area contributed by atoms with Crippen LogP contribution in [0.15, 0.2) is 21.5 Å². The lowest BCUT2D eigenvalue weighted by Crippen LogP contribution is -2.17. The molecule has 2 amide bonds. The molecule has 1 aliphatic heterocycles. The second-order valence-corrected chi connectivity index (χ2v) is 6.27. The van der Waals surface area contributed by atoms with Gasteiger partial charge in [-0.15, -0.1) is 0 Å². The van der Waals surface area contributed by atoms with Gasteiger partial charge in [0, 0.05) is 10.0 Å². The van der Waals surface area contributed by atoms with E-state index in [4.69, 9.17) is 0 Å². The zero-order valence-corrected chi connectivity index (χ0v) is 12.7. The number of halogens is 2. The molecule has 1 heterocycles. The number of imide groups is 1. The Bertz CT molecular complexity index is 559. The summed E-state index contributed by atoms with van der Waals surface area (Å²) < 4.78 is 1.46. The van der Waals surface area contributed by atoms with Crippen molar-refractivity contribution in [2.75, 3.05) is 0 Å². The topological polar surface area (TPSA) is 66.4 Å². The van der Waals surface area contributed by atoms with Gasteiger partial charge >= 0.3 is 0 Å². The predicted octanol–water partition coefficient (Wildman–Crippen LogP) is 3.08. The summed E-state index contributed by atoms with van der Waals surface area (Å²) in [5.74, 6) is -0.344. The first-order chi connectivity index (χ1) is 7.97. The van der Waals surface area contributed by atoms with E-state index in [1.807, 2.05) is 22.6 Å². The molecule has 7 heteroatoms. The molecule has 0 aromatic heterocycles. The number of amides is 2. The average Bonchev–Trinajstić information content (AvgIpc) is 2.53. The summed E-state index contributed by atoms with van der Waals surface area (Å²) in [7, 11) is 0. The van der Waals surface area contributed by atoms with Crippen LogP contribution < -0.4 is 5.32 Å². The van der Waals surface area contributed by atoms with Crippen molar-refractivity contribution in [3.05, 3.63) is 30.6 Å². The number of phenols is 1. The highest BCUT2D eigenvalue weighted by atomic mass is 127. The van der Waals surface area contributed by atoms with E-state index in [1.165, 1.54) is 6.08 Å². The summed E-state index contributed by atoms with van der Waals surface area (Å²) in [5.41, 5.74) is 0.496. The van der Waals surface area contributed by atoms with Crippen molar-refractivity contribution in [3.63, 3.8) is 0 Å². The van der Waals surface area contributed by atoms with Crippen molar-refractivity contribution < 1.29 is 14.7 Å². The van der Waals surface area contributed by atoms with Gasteiger partial charge in [0.05, 0.1) is 8.48 Å². The van der Waals surface area contributed by atoms with Gasteiger partial charge in [-0.25, -0.2) is 0 Å². The molecular weight excluding hydrogens is 421 g/mol. The van der Waals surface area contributed by atoms with Crippen molar-refractivity contribution in [2.45, 2.75) is 0 Å². The van der Waals surface area contributed by atoms with Crippen LogP contribution in [0.1, 0.15) is 5.56 Å². The number of thioether (sulfide) groups is 1. The third-order valence-electron chi connectivity index (χ3n) is 1.99. The molecule has 1 aliphatic rings. The van der Waals surface area contributed by atoms with E-state index in [9.17, 15) is 14.7 Å². The average molecular weight is 426 g/mol. The predicted molar refractivity (Wildman–Crippen MR) is 77.6 cm³/mol. The van der Waals surface area contributed by atoms with Gasteiger partial charge in [-0.3, -0.25) is 14.9 Å². The van der Waals surface area contributed by atoms with E-state index in [1.54, 1.807) is 12.1 Å². The number of hydrogen-bond acceptors (Lipinski definition) is 4. The molecule has 2 N–H and O–H groups in total. The maximum atomic E-state index is 11.4. The normalized spacial score (nSPS) is 17.6. The minimum absolute atomic E-state index is 0.0917. The molecule has 1 aromatic carbocycles. The SMILES string of the molecule is O=C1NC(=O)/C(=C/c2cc(Br)cc(I)c2O)S1. The molecule has 1 fully saturated rings. The molecule has 0 aliphatic carbocycles. The lowest BCUT2D eigenvalue weighted by Gasteiger charge is -2.03. The van der Waals surface area contributed by atoms with Crippen LogP contribution in [0.5, 0.6) is 5.75 Å². The molecular formula is C10H5BrINO3S. The highest BCUT2D eigenvalue weighted by molar-refractivity contribution is 14.1. The standard InChI is InChI=1S/C10H5BrINO3S/c11-5-1-4(8(14)6(12)3-5)2-7-9(15)13-10(16)17-7/h1-3,14H,(H,13,15,16)/b7-2-. The van der Waals surface area contributed by atoms with Crippen molar-refractivity contribution >= 4 is 67.5 Å². The first-order valence-electron chi connectivity index (χ1n) is 4.40. The molecule has 0 bridgehead atoms. The monoisotopic (exact) mass is 425 g/mol. The smallest absolute Gasteiger partial charge is 0.290 e. The molecule has 0 saturated carbocycles. The minimum atomic E-state index is -0.436. The van der Waals surface area contributed by atoms with E-state index < -0.39 is 11.1 Å². The van der Waals surface area contributed by atoms with Crippen LogP contribution in [0, 0.1) is 3.57 Å². The number of carbonyl (C=O) groups excluding carboxylic acids is 2. The fourth-order valence-electron chi connectivity index (χ4n) is 1.26. The lowest BCUT2D eigenvalue weighted by atomic mass is 10.2. The largest absolute Gasteiger partial charge is 0.506 e. The summed E-state index contributed by atoms with van der Waals surface area (Å²) in [6.45, 7) is 0. The number of phenolic OH excluding ortho intramolecular Hbond substituents is 1. The number of carbonyl (C=O) groups is 2. The summed E-state index contributed by atoms with van der Waals surface area (Å²) in [6.07, 6.45) is 1.49. The third kappa shape index (κ3) is 2.83. The van der Waals surface area contributed by atoms with Gasteiger partial charge in [-0.05, 0) is 52.6 Å². The Morgan fingerprint density at radius 2 is 2.12 bits per heavy atom. The van der Waals surface area contributed by atoms with Gasteiger partial charge in [0.1, 0.15) is 5.75 Å². The van der Waals surface area contributed by atoms with Crippen molar-refractivity contribution in [2.24, 2.45) is 0 Å². The van der Waals surface area contributed by atoms with Gasteiger partial charge in [-0.1, -0.05) is 15.9 Å². The van der Waals surface area contributed by atoms with Crippen LogP contribution in [-0.2, 0) is 4.79 Å². The van der Waals surface area contributed by atoms with Crippen molar-refractivity contribution in [1.29, 1.82) is 0 Å². The van der Waals surface area contributed by atoms with Crippen LogP contribution in [0.3, 0.4) is 0 Å². The van der Waals surface area contributed by atoms with Crippen molar-refractivity contribution in [3.8, 4) is 5.75 Å². The quantitative estimate of drug-likeness (QED) is 0.536. The van der Waals surface area contributed by atoms with E-state index in [0.29, 0.717) is 9.13 Å². The molecule has 0 atom stereocenters. The number of nitrogens with one attached hydrogen (secondary N) is 1. The van der Waals surface area contributed by atoms with Gasteiger partial charge in [0.25, 0.3) is 11.1 Å². The van der Waals surface area contributed by atoms with Crippen LogP contribution in [0.2, 0.25) is 0 Å². The van der Waals surface area contributed by atoms with Gasteiger partial charge in [0.2, 0.25) is 0 Å². The Kier molecular flexibility index (Phi) is 3.79. The Balaban J connectivity index is 2.46. The number of hydrogen-bond donors (Lipinski definition) is 2. The highest BCUT2D eigenvalue weighted by Gasteiger charge is 2.25. The highest BCUT2D eigenvalue weighted by Crippen LogP contribution is 2.33. The van der Waals surface area contributed by atoms with Crippen molar-refractivity contribution in [1.82, 2.24) is 5.32 Å². The maximum absolute atomic E-state index is 11.4. The summed E-state index contributed by atoms with van der Waals surface area (Å²) in [4.78, 5) is 22.6. The van der Waals surface area contributed by atoms with E-state index >= 15 is 0 Å². The van der Waals surface area contributed by atoms with E-state index in [-0.39, 0.29) is 10.7 Å². The van der Waals surface area contributed by atoms with Gasteiger partial charge in [0.15, 0.2) is 0 Å². The lowest BCUT2D eigenvalue weighted by molar-refractivity contribution is -0.115. The Labute approximate surface area is 123 Å². The summed E-state index contributed by atoms with van der Waals surface area (Å²) in [5, 5.41) is 11.6. The Hall–Kier alpha value is -0.540. The van der Waals surface area contributed by atoms with Crippen LogP contribution in [0.25, 0.3) is 6.08 Å². The van der Waals surface area contributed by atoms with Crippen LogP contribution in [-0.4, -0.2) is 16.3 Å². The van der Waals surface area contributed by atoms with Crippen LogP contribution >= 0.6 is 50.3 Å².